The Labute approximate surface area is 73.2 Å². The number of hydrogen-bond acceptors (Lipinski definition) is 3. The monoisotopic (exact) mass is 163 g/mol. The van der Waals surface area contributed by atoms with E-state index in [4.69, 9.17) is 5.26 Å². The molecule has 0 spiro atoms. The maximum atomic E-state index is 8.52. The molecule has 3 heteroatoms. The summed E-state index contributed by atoms with van der Waals surface area (Å²) >= 11 is 0. The van der Waals surface area contributed by atoms with Gasteiger partial charge < -0.3 is 0 Å². The molecule has 0 saturated carbocycles. The van der Waals surface area contributed by atoms with E-state index < -0.39 is 0 Å². The summed E-state index contributed by atoms with van der Waals surface area (Å²) in [6.07, 6.45) is 5.10. The van der Waals surface area contributed by atoms with Gasteiger partial charge in [-0.15, -0.1) is 0 Å². The molecule has 0 radical (unpaired) electrons. The molecule has 0 aromatic heterocycles. The minimum atomic E-state index is 0.445. The average Bonchev–Trinajstić information content (AvgIpc) is 2.10. The number of allylic oxidation sites excluding steroid dienone is 1. The first kappa shape index (κ1) is 10.6. The van der Waals surface area contributed by atoms with Gasteiger partial charge in [-0.05, 0) is 13.1 Å². The number of aliphatic imine (C=N–C) groups is 2. The molecule has 0 aromatic carbocycles. The summed E-state index contributed by atoms with van der Waals surface area (Å²) in [4.78, 5) is 7.53. The van der Waals surface area contributed by atoms with E-state index in [9.17, 15) is 0 Å². The molecule has 0 aliphatic heterocycles. The second kappa shape index (κ2) is 7.67. The lowest BCUT2D eigenvalue weighted by Gasteiger charge is -1.88. The summed E-state index contributed by atoms with van der Waals surface area (Å²) in [6.45, 7) is 6.12. The van der Waals surface area contributed by atoms with Crippen LogP contribution < -0.4 is 0 Å². The molecule has 0 aliphatic rings. The summed E-state index contributed by atoms with van der Waals surface area (Å²) in [5, 5.41) is 8.52. The topological polar surface area (TPSA) is 48.5 Å². The molecule has 0 N–H and O–H groups in total. The van der Waals surface area contributed by atoms with Crippen molar-refractivity contribution in [2.24, 2.45) is 9.98 Å². The van der Waals surface area contributed by atoms with Crippen LogP contribution in [0.15, 0.2) is 21.8 Å². The zero-order chi connectivity index (χ0) is 9.23. The number of nitriles is 1. The Morgan fingerprint density at radius 3 is 2.92 bits per heavy atom. The highest BCUT2D eigenvalue weighted by atomic mass is 14.7. The lowest BCUT2D eigenvalue weighted by Crippen LogP contribution is -1.83. The molecule has 0 amide bonds. The quantitative estimate of drug-likeness (QED) is 0.347. The van der Waals surface area contributed by atoms with Gasteiger partial charge in [-0.1, -0.05) is 13.3 Å². The van der Waals surface area contributed by atoms with Crippen molar-refractivity contribution in [3.8, 4) is 6.07 Å². The maximum Gasteiger partial charge on any atom is 0.102 e. The van der Waals surface area contributed by atoms with E-state index >= 15 is 0 Å². The lowest BCUT2D eigenvalue weighted by atomic mass is 10.3. The van der Waals surface area contributed by atoms with Crippen LogP contribution >= 0.6 is 0 Å². The smallest absolute Gasteiger partial charge is 0.102 e. The summed E-state index contributed by atoms with van der Waals surface area (Å²) < 4.78 is 0. The Kier molecular flexibility index (Phi) is 6.76. The van der Waals surface area contributed by atoms with Crippen LogP contribution in [0.5, 0.6) is 0 Å². The maximum absolute atomic E-state index is 8.52. The average molecular weight is 163 g/mol. The standard InChI is InChI=1S/C9H13N3/c1-3-4-5-12-8-9(6-10)7-11-2/h7-8H,2-5H2,1H3/b9-7-,12-8?. The van der Waals surface area contributed by atoms with Crippen molar-refractivity contribution < 1.29 is 0 Å². The van der Waals surface area contributed by atoms with Gasteiger partial charge in [0.25, 0.3) is 0 Å². The number of hydrogen-bond donors (Lipinski definition) is 0. The summed E-state index contributed by atoms with van der Waals surface area (Å²) in [5.41, 5.74) is 0.445. The summed E-state index contributed by atoms with van der Waals surface area (Å²) in [6, 6.07) is 1.96. The normalized spacial score (nSPS) is 11.5. The van der Waals surface area contributed by atoms with Crippen molar-refractivity contribution in [2.45, 2.75) is 19.8 Å². The third-order valence-corrected chi connectivity index (χ3v) is 1.23. The molecule has 0 unspecified atom stereocenters. The molecule has 12 heavy (non-hydrogen) atoms. The van der Waals surface area contributed by atoms with Crippen molar-refractivity contribution in [1.29, 1.82) is 5.26 Å². The molecule has 0 rings (SSSR count). The van der Waals surface area contributed by atoms with Gasteiger partial charge >= 0.3 is 0 Å². The van der Waals surface area contributed by atoms with Gasteiger partial charge in [0, 0.05) is 19.0 Å². The van der Waals surface area contributed by atoms with Crippen LogP contribution in [0.2, 0.25) is 0 Å². The molecule has 0 bridgehead atoms. The molecule has 0 heterocycles. The van der Waals surface area contributed by atoms with E-state index in [0.29, 0.717) is 5.57 Å². The number of rotatable bonds is 5. The molecule has 0 aliphatic carbocycles. The van der Waals surface area contributed by atoms with E-state index in [0.717, 1.165) is 19.4 Å². The van der Waals surface area contributed by atoms with Crippen LogP contribution in [0.25, 0.3) is 0 Å². The van der Waals surface area contributed by atoms with Gasteiger partial charge in [0.15, 0.2) is 0 Å². The lowest BCUT2D eigenvalue weighted by molar-refractivity contribution is 0.810. The van der Waals surface area contributed by atoms with E-state index in [1.807, 2.05) is 6.07 Å². The van der Waals surface area contributed by atoms with Crippen molar-refractivity contribution in [3.63, 3.8) is 0 Å². The minimum Gasteiger partial charge on any atom is -0.292 e. The van der Waals surface area contributed by atoms with Crippen LogP contribution in [0.4, 0.5) is 0 Å². The molecule has 0 atom stereocenters. The Balaban J connectivity index is 3.87. The van der Waals surface area contributed by atoms with Crippen LogP contribution in [-0.2, 0) is 0 Å². The second-order valence-electron chi connectivity index (χ2n) is 2.27. The van der Waals surface area contributed by atoms with E-state index in [1.54, 1.807) is 0 Å². The molecule has 64 valence electrons. The highest BCUT2D eigenvalue weighted by Crippen LogP contribution is 1.90. The fourth-order valence-electron chi connectivity index (χ4n) is 0.602. The minimum absolute atomic E-state index is 0.445. The Hall–Kier alpha value is -1.43. The predicted molar refractivity (Wildman–Crippen MR) is 51.5 cm³/mol. The fourth-order valence-corrected chi connectivity index (χ4v) is 0.602. The molecule has 0 saturated heterocycles. The fraction of sp³-hybridized carbons (Fsp3) is 0.444. The van der Waals surface area contributed by atoms with Gasteiger partial charge in [-0.2, -0.15) is 5.26 Å². The highest BCUT2D eigenvalue weighted by molar-refractivity contribution is 5.83. The van der Waals surface area contributed by atoms with Gasteiger partial charge in [0.05, 0.1) is 5.57 Å². The van der Waals surface area contributed by atoms with Gasteiger partial charge in [0.2, 0.25) is 0 Å². The zero-order valence-electron chi connectivity index (χ0n) is 7.32. The summed E-state index contributed by atoms with van der Waals surface area (Å²) in [5.74, 6) is 0. The van der Waals surface area contributed by atoms with Crippen LogP contribution in [0.1, 0.15) is 19.8 Å². The number of unbranched alkanes of at least 4 members (excludes halogenated alkanes) is 1. The number of nitrogens with zero attached hydrogens (tertiary/aromatic N) is 3. The predicted octanol–water partition coefficient (Wildman–Crippen LogP) is 1.97. The van der Waals surface area contributed by atoms with Crippen LogP contribution in [-0.4, -0.2) is 19.5 Å². The van der Waals surface area contributed by atoms with E-state index in [-0.39, 0.29) is 0 Å². The van der Waals surface area contributed by atoms with Gasteiger partial charge in [-0.25, -0.2) is 0 Å². The Morgan fingerprint density at radius 1 is 1.67 bits per heavy atom. The molecular weight excluding hydrogens is 150 g/mol. The third-order valence-electron chi connectivity index (χ3n) is 1.23. The van der Waals surface area contributed by atoms with Gasteiger partial charge in [0.1, 0.15) is 6.07 Å². The first-order valence-corrected chi connectivity index (χ1v) is 3.91. The van der Waals surface area contributed by atoms with E-state index in [1.165, 1.54) is 12.4 Å². The highest BCUT2D eigenvalue weighted by Gasteiger charge is 1.86. The zero-order valence-corrected chi connectivity index (χ0v) is 7.32. The van der Waals surface area contributed by atoms with Crippen LogP contribution in [0, 0.1) is 11.3 Å². The first-order valence-electron chi connectivity index (χ1n) is 3.91. The van der Waals surface area contributed by atoms with Crippen molar-refractivity contribution >= 4 is 12.9 Å². The molecule has 0 fully saturated rings. The Bertz CT molecular complexity index is 220. The van der Waals surface area contributed by atoms with E-state index in [2.05, 4.69) is 23.6 Å². The SMILES string of the molecule is C=N/C=C(/C#N)C=NCCCC. The van der Waals surface area contributed by atoms with Gasteiger partial charge in [-0.3, -0.25) is 9.98 Å². The molecule has 3 nitrogen and oxygen atoms in total. The van der Waals surface area contributed by atoms with Crippen molar-refractivity contribution in [2.75, 3.05) is 6.54 Å². The summed E-state index contributed by atoms with van der Waals surface area (Å²) in [7, 11) is 0. The molecular formula is C9H13N3. The van der Waals surface area contributed by atoms with Crippen molar-refractivity contribution in [3.05, 3.63) is 11.8 Å². The largest absolute Gasteiger partial charge is 0.292 e. The van der Waals surface area contributed by atoms with Crippen LogP contribution in [0.3, 0.4) is 0 Å². The molecule has 0 aromatic rings. The first-order chi connectivity index (χ1) is 5.85. The second-order valence-corrected chi connectivity index (χ2v) is 2.27. The van der Waals surface area contributed by atoms with Crippen molar-refractivity contribution in [1.82, 2.24) is 0 Å². The Morgan fingerprint density at radius 2 is 2.42 bits per heavy atom. The third kappa shape index (κ3) is 5.36.